The van der Waals surface area contributed by atoms with Crippen LogP contribution < -0.4 is 5.32 Å². The Morgan fingerprint density at radius 3 is 2.75 bits per heavy atom. The molecule has 0 heterocycles. The van der Waals surface area contributed by atoms with Gasteiger partial charge in [-0.3, -0.25) is 0 Å². The highest BCUT2D eigenvalue weighted by Crippen LogP contribution is 2.11. The quantitative estimate of drug-likeness (QED) is 0.685. The lowest BCUT2D eigenvalue weighted by atomic mass is 10.3. The minimum absolute atomic E-state index is 0.124. The topological polar surface area (TPSA) is 31.9 Å². The maximum atomic E-state index is 12.9. The fraction of sp³-hybridized carbons (Fsp3) is 0.333. The summed E-state index contributed by atoms with van der Waals surface area (Å²) in [6, 6.07) is 6.43. The third-order valence-electron chi connectivity index (χ3n) is 1.51. The molecule has 2 nitrogen and oxygen atoms in total. The number of hydrogen-bond donors (Lipinski definition) is 1. The van der Waals surface area contributed by atoms with E-state index in [1.54, 1.807) is 18.2 Å². The van der Waals surface area contributed by atoms with Gasteiger partial charge in [-0.25, -0.2) is 9.50 Å². The molecule has 1 N–H and O–H groups in total. The summed E-state index contributed by atoms with van der Waals surface area (Å²) in [5, 5.41) is 12.9. The van der Waals surface area contributed by atoms with Crippen LogP contribution in [0.5, 0.6) is 0 Å². The number of para-hydroxylation sites is 1. The molecule has 3 heteroatoms. The average molecular weight is 168 g/mol. The van der Waals surface area contributed by atoms with Crippen molar-refractivity contribution in [1.29, 1.82) is 0 Å². The van der Waals surface area contributed by atoms with Gasteiger partial charge >= 0.3 is 0 Å². The molecule has 0 saturated heterocycles. The van der Waals surface area contributed by atoms with E-state index in [1.165, 1.54) is 6.07 Å². The van der Waals surface area contributed by atoms with Crippen LogP contribution in [0.25, 0.3) is 0 Å². The molecule has 0 aliphatic carbocycles. The predicted molar refractivity (Wildman–Crippen MR) is 45.1 cm³/mol. The predicted octanol–water partition coefficient (Wildman–Crippen LogP) is 2.06. The van der Waals surface area contributed by atoms with Gasteiger partial charge in [-0.2, -0.15) is 0 Å². The standard InChI is InChI=1S/C9H11FNO/c10-8-4-1-2-5-9(8)11-6-3-7-12/h1-2,4-5,11H,3,6-7H2. The molecule has 0 aliphatic heterocycles. The van der Waals surface area contributed by atoms with Crippen molar-refractivity contribution in [2.24, 2.45) is 0 Å². The summed E-state index contributed by atoms with van der Waals surface area (Å²) in [5.74, 6) is -0.275. The van der Waals surface area contributed by atoms with Gasteiger partial charge in [0.25, 0.3) is 0 Å². The summed E-state index contributed by atoms with van der Waals surface area (Å²) < 4.78 is 12.9. The highest BCUT2D eigenvalue weighted by Gasteiger charge is 1.97. The van der Waals surface area contributed by atoms with Crippen LogP contribution in [0.2, 0.25) is 0 Å². The first-order chi connectivity index (χ1) is 5.84. The van der Waals surface area contributed by atoms with Gasteiger partial charge in [-0.05, 0) is 18.6 Å². The van der Waals surface area contributed by atoms with Crippen LogP contribution >= 0.6 is 0 Å². The van der Waals surface area contributed by atoms with Crippen LogP contribution in [0.3, 0.4) is 0 Å². The largest absolute Gasteiger partial charge is 0.383 e. The van der Waals surface area contributed by atoms with E-state index in [1.807, 2.05) is 0 Å². The maximum Gasteiger partial charge on any atom is 0.146 e. The molecule has 0 aliphatic rings. The Balaban J connectivity index is 2.46. The molecule has 0 amide bonds. The van der Waals surface area contributed by atoms with Crippen LogP contribution in [-0.4, -0.2) is 13.2 Å². The second-order valence-corrected chi connectivity index (χ2v) is 2.46. The second kappa shape index (κ2) is 4.72. The molecule has 0 fully saturated rings. The molecule has 65 valence electrons. The SMILES string of the molecule is [O]CCCNc1ccccc1F. The molecule has 0 saturated carbocycles. The van der Waals surface area contributed by atoms with Gasteiger partial charge in [0.2, 0.25) is 0 Å². The van der Waals surface area contributed by atoms with Crippen molar-refractivity contribution in [1.82, 2.24) is 0 Å². The van der Waals surface area contributed by atoms with E-state index in [4.69, 9.17) is 0 Å². The lowest BCUT2D eigenvalue weighted by Gasteiger charge is -2.04. The number of hydrogen-bond acceptors (Lipinski definition) is 1. The number of halogens is 1. The summed E-state index contributed by atoms with van der Waals surface area (Å²) in [6.45, 7) is 0.409. The Morgan fingerprint density at radius 1 is 1.33 bits per heavy atom. The lowest BCUT2D eigenvalue weighted by molar-refractivity contribution is 0.192. The summed E-state index contributed by atoms with van der Waals surface area (Å²) in [4.78, 5) is 0. The third-order valence-corrected chi connectivity index (χ3v) is 1.51. The molecular formula is C9H11FNO. The molecule has 1 radical (unpaired) electrons. The smallest absolute Gasteiger partial charge is 0.146 e. The van der Waals surface area contributed by atoms with Gasteiger partial charge in [0, 0.05) is 6.54 Å². The first kappa shape index (κ1) is 9.00. The zero-order valence-corrected chi connectivity index (χ0v) is 6.72. The first-order valence-electron chi connectivity index (χ1n) is 3.91. The monoisotopic (exact) mass is 168 g/mol. The molecule has 0 aromatic heterocycles. The van der Waals surface area contributed by atoms with E-state index >= 15 is 0 Å². The van der Waals surface area contributed by atoms with Crippen LogP contribution in [0.1, 0.15) is 6.42 Å². The van der Waals surface area contributed by atoms with Gasteiger partial charge in [-0.1, -0.05) is 12.1 Å². The van der Waals surface area contributed by atoms with Gasteiger partial charge in [0.1, 0.15) is 5.82 Å². The van der Waals surface area contributed by atoms with Gasteiger partial charge in [0.15, 0.2) is 0 Å². The fourth-order valence-electron chi connectivity index (χ4n) is 0.900. The molecule has 1 rings (SSSR count). The Labute approximate surface area is 71.0 Å². The van der Waals surface area contributed by atoms with E-state index in [0.29, 0.717) is 18.7 Å². The Kier molecular flexibility index (Phi) is 3.54. The zero-order valence-electron chi connectivity index (χ0n) is 6.72. The highest BCUT2D eigenvalue weighted by molar-refractivity contribution is 5.44. The normalized spacial score (nSPS) is 9.83. The van der Waals surface area contributed by atoms with Crippen molar-refractivity contribution in [2.75, 3.05) is 18.5 Å². The Hall–Kier alpha value is -1.09. The van der Waals surface area contributed by atoms with E-state index in [-0.39, 0.29) is 12.4 Å². The van der Waals surface area contributed by atoms with E-state index in [9.17, 15) is 9.50 Å². The van der Waals surface area contributed by atoms with Crippen LogP contribution in [0.15, 0.2) is 24.3 Å². The first-order valence-corrected chi connectivity index (χ1v) is 3.91. The average Bonchev–Trinajstić information content (AvgIpc) is 2.09. The summed E-state index contributed by atoms with van der Waals surface area (Å²) >= 11 is 0. The number of nitrogens with one attached hydrogen (secondary N) is 1. The van der Waals surface area contributed by atoms with Crippen molar-refractivity contribution >= 4 is 5.69 Å². The maximum absolute atomic E-state index is 12.9. The van der Waals surface area contributed by atoms with E-state index < -0.39 is 0 Å². The molecule has 0 spiro atoms. The number of benzene rings is 1. The summed E-state index contributed by atoms with van der Waals surface area (Å²) in [5.41, 5.74) is 0.464. The molecule has 0 unspecified atom stereocenters. The summed E-state index contributed by atoms with van der Waals surface area (Å²) in [6.07, 6.45) is 0.522. The van der Waals surface area contributed by atoms with Crippen LogP contribution in [0, 0.1) is 5.82 Å². The Bertz CT molecular complexity index is 240. The molecular weight excluding hydrogens is 157 g/mol. The lowest BCUT2D eigenvalue weighted by Crippen LogP contribution is -2.04. The van der Waals surface area contributed by atoms with Crippen molar-refractivity contribution in [2.45, 2.75) is 6.42 Å². The van der Waals surface area contributed by atoms with Gasteiger partial charge < -0.3 is 5.32 Å². The molecule has 0 atom stereocenters. The molecule has 0 bridgehead atoms. The van der Waals surface area contributed by atoms with Crippen molar-refractivity contribution < 1.29 is 9.50 Å². The molecule has 1 aromatic rings. The van der Waals surface area contributed by atoms with Crippen LogP contribution in [0.4, 0.5) is 10.1 Å². The van der Waals surface area contributed by atoms with Gasteiger partial charge in [-0.15, -0.1) is 0 Å². The number of rotatable bonds is 4. The fourth-order valence-corrected chi connectivity index (χ4v) is 0.900. The van der Waals surface area contributed by atoms with E-state index in [0.717, 1.165) is 0 Å². The Morgan fingerprint density at radius 2 is 2.08 bits per heavy atom. The second-order valence-electron chi connectivity index (χ2n) is 2.46. The van der Waals surface area contributed by atoms with Crippen LogP contribution in [-0.2, 0) is 5.11 Å². The number of anilines is 1. The summed E-state index contributed by atoms with van der Waals surface area (Å²) in [7, 11) is 0. The minimum Gasteiger partial charge on any atom is -0.383 e. The van der Waals surface area contributed by atoms with E-state index in [2.05, 4.69) is 5.32 Å². The molecule has 12 heavy (non-hydrogen) atoms. The minimum atomic E-state index is -0.275. The van der Waals surface area contributed by atoms with Crippen molar-refractivity contribution in [3.8, 4) is 0 Å². The highest BCUT2D eigenvalue weighted by atomic mass is 19.1. The van der Waals surface area contributed by atoms with Crippen molar-refractivity contribution in [3.63, 3.8) is 0 Å². The van der Waals surface area contributed by atoms with Crippen molar-refractivity contribution in [3.05, 3.63) is 30.1 Å². The zero-order chi connectivity index (χ0) is 8.81. The third kappa shape index (κ3) is 2.51. The molecule has 1 aromatic carbocycles. The van der Waals surface area contributed by atoms with Gasteiger partial charge in [0.05, 0.1) is 12.3 Å².